The number of nitrogens with zero attached hydrogens (tertiary/aromatic N) is 2. The topological polar surface area (TPSA) is 131 Å². The van der Waals surface area contributed by atoms with E-state index >= 15 is 0 Å². The first-order chi connectivity index (χ1) is 15.5. The van der Waals surface area contributed by atoms with Gasteiger partial charge in [-0.05, 0) is 44.4 Å². The van der Waals surface area contributed by atoms with Crippen LogP contribution in [0.2, 0.25) is 0 Å². The Morgan fingerprint density at radius 2 is 2.00 bits per heavy atom. The molecule has 3 aliphatic heterocycles. The number of hydrogen-bond donors (Lipinski definition) is 2. The molecule has 10 heteroatoms. The number of aromatic nitrogens is 1. The Hall–Kier alpha value is -2.46. The maximum absolute atomic E-state index is 12.5. The number of amides is 1. The van der Waals surface area contributed by atoms with Gasteiger partial charge in [0.15, 0.2) is 5.69 Å². The number of ether oxygens (including phenoxy) is 2. The van der Waals surface area contributed by atoms with Gasteiger partial charge < -0.3 is 24.3 Å². The van der Waals surface area contributed by atoms with Gasteiger partial charge in [-0.3, -0.25) is 14.5 Å². The summed E-state index contributed by atoms with van der Waals surface area (Å²) in [7, 11) is 1.33. The zero-order valence-electron chi connectivity index (χ0n) is 18.5. The van der Waals surface area contributed by atoms with Gasteiger partial charge in [0.05, 0.1) is 13.7 Å². The minimum absolute atomic E-state index is 0.160. The number of fused-ring (bicyclic) bond motifs is 2. The van der Waals surface area contributed by atoms with Gasteiger partial charge in [0.1, 0.15) is 6.26 Å². The lowest BCUT2D eigenvalue weighted by Crippen LogP contribution is -2.56. The van der Waals surface area contributed by atoms with Crippen LogP contribution >= 0.6 is 0 Å². The molecule has 0 saturated carbocycles. The third-order valence-corrected chi connectivity index (χ3v) is 6.48. The van der Waals surface area contributed by atoms with Crippen molar-refractivity contribution in [2.75, 3.05) is 20.3 Å². The van der Waals surface area contributed by atoms with Crippen LogP contribution in [0.5, 0.6) is 0 Å². The van der Waals surface area contributed by atoms with Crippen molar-refractivity contribution in [2.45, 2.75) is 76.0 Å². The molecule has 3 fully saturated rings. The highest BCUT2D eigenvalue weighted by Gasteiger charge is 2.39. The summed E-state index contributed by atoms with van der Waals surface area (Å²) in [5, 5.41) is 10.2. The molecule has 3 aliphatic rings. The van der Waals surface area contributed by atoms with Crippen LogP contribution in [0, 0.1) is 5.92 Å². The van der Waals surface area contributed by atoms with Crippen molar-refractivity contribution in [3.8, 4) is 0 Å². The maximum atomic E-state index is 12.5. The Morgan fingerprint density at radius 1 is 1.28 bits per heavy atom. The van der Waals surface area contributed by atoms with E-state index in [1.54, 1.807) is 0 Å². The van der Waals surface area contributed by atoms with Gasteiger partial charge in [-0.1, -0.05) is 6.42 Å². The SMILES string of the molecule is COC(=O)c1coc(CN2[C@@H]3CCC[C@H]2CC(NC(=O)CC2CCCOC2)C3)n1.O=CO. The lowest BCUT2D eigenvalue weighted by atomic mass is 9.81. The molecule has 32 heavy (non-hydrogen) atoms. The normalized spacial score (nSPS) is 27.5. The standard InChI is InChI=1S/C21H31N3O5.CH2O2/c1-27-21(26)18-13-29-20(23-18)11-24-16-5-2-6-17(24)10-15(9-16)22-19(25)8-14-4-3-7-28-12-14;2-1-3/h13-17H,2-12H2,1H3,(H,22,25);1H,(H,2,3)/t14?,15?,16-,17+;. The van der Waals surface area contributed by atoms with Crippen LogP contribution in [0.4, 0.5) is 0 Å². The number of hydrogen-bond acceptors (Lipinski definition) is 8. The average Bonchev–Trinajstić information content (AvgIpc) is 3.23. The van der Waals surface area contributed by atoms with Crippen molar-refractivity contribution in [1.82, 2.24) is 15.2 Å². The van der Waals surface area contributed by atoms with Crippen molar-refractivity contribution < 1.29 is 33.4 Å². The van der Waals surface area contributed by atoms with Gasteiger partial charge >= 0.3 is 5.97 Å². The Kier molecular flexibility index (Phi) is 9.04. The van der Waals surface area contributed by atoms with Gasteiger partial charge in [0, 0.05) is 37.8 Å². The number of oxazole rings is 1. The van der Waals surface area contributed by atoms with Crippen molar-refractivity contribution in [2.24, 2.45) is 5.92 Å². The van der Waals surface area contributed by atoms with Gasteiger partial charge in [-0.25, -0.2) is 9.78 Å². The molecule has 0 aromatic carbocycles. The molecule has 1 amide bonds. The van der Waals surface area contributed by atoms with E-state index in [1.165, 1.54) is 19.8 Å². The zero-order chi connectivity index (χ0) is 22.9. The molecule has 1 aromatic heterocycles. The Labute approximate surface area is 187 Å². The van der Waals surface area contributed by atoms with E-state index < -0.39 is 5.97 Å². The highest BCUT2D eigenvalue weighted by molar-refractivity contribution is 5.86. The second-order valence-corrected chi connectivity index (χ2v) is 8.66. The number of carboxylic acid groups (broad SMARTS) is 1. The van der Waals surface area contributed by atoms with Gasteiger partial charge in [-0.2, -0.15) is 0 Å². The average molecular weight is 452 g/mol. The molecular weight excluding hydrogens is 418 g/mol. The highest BCUT2D eigenvalue weighted by atomic mass is 16.5. The summed E-state index contributed by atoms with van der Waals surface area (Å²) in [6, 6.07) is 1.03. The number of esters is 1. The fourth-order valence-corrected chi connectivity index (χ4v) is 5.11. The van der Waals surface area contributed by atoms with E-state index in [0.29, 0.717) is 43.5 Å². The Morgan fingerprint density at radius 3 is 2.62 bits per heavy atom. The largest absolute Gasteiger partial charge is 0.483 e. The summed E-state index contributed by atoms with van der Waals surface area (Å²) in [4.78, 5) is 39.2. The second-order valence-electron chi connectivity index (χ2n) is 8.66. The Bertz CT molecular complexity index is 748. The molecule has 2 unspecified atom stereocenters. The lowest BCUT2D eigenvalue weighted by Gasteiger charge is -2.48. The molecule has 178 valence electrons. The molecule has 4 rings (SSSR count). The van der Waals surface area contributed by atoms with Crippen molar-refractivity contribution in [3.63, 3.8) is 0 Å². The number of piperidine rings is 2. The minimum Gasteiger partial charge on any atom is -0.483 e. The quantitative estimate of drug-likeness (QED) is 0.492. The van der Waals surface area contributed by atoms with Crippen molar-refractivity contribution in [1.29, 1.82) is 0 Å². The van der Waals surface area contributed by atoms with Crippen LogP contribution in [0.25, 0.3) is 0 Å². The summed E-state index contributed by atoms with van der Waals surface area (Å²) >= 11 is 0. The highest BCUT2D eigenvalue weighted by Crippen LogP contribution is 2.35. The van der Waals surface area contributed by atoms with Crippen molar-refractivity contribution in [3.05, 3.63) is 17.8 Å². The fraction of sp³-hybridized carbons (Fsp3) is 0.727. The molecule has 0 spiro atoms. The van der Waals surface area contributed by atoms with Crippen LogP contribution in [0.15, 0.2) is 10.7 Å². The van der Waals surface area contributed by atoms with E-state index in [9.17, 15) is 9.59 Å². The summed E-state index contributed by atoms with van der Waals surface area (Å²) in [6.07, 6.45) is 9.42. The number of carbonyl (C=O) groups excluding carboxylic acids is 2. The van der Waals surface area contributed by atoms with Gasteiger partial charge in [-0.15, -0.1) is 0 Å². The molecule has 0 aliphatic carbocycles. The molecular formula is C22H33N3O7. The van der Waals surface area contributed by atoms with E-state index in [2.05, 4.69) is 15.2 Å². The van der Waals surface area contributed by atoms with E-state index in [0.717, 1.165) is 45.1 Å². The Balaban J connectivity index is 0.000000913. The first-order valence-electron chi connectivity index (χ1n) is 11.3. The summed E-state index contributed by atoms with van der Waals surface area (Å²) in [5.74, 6) is 0.580. The van der Waals surface area contributed by atoms with Gasteiger partial charge in [0.2, 0.25) is 11.8 Å². The van der Waals surface area contributed by atoms with E-state index in [1.807, 2.05) is 0 Å². The third-order valence-electron chi connectivity index (χ3n) is 6.48. The molecule has 0 radical (unpaired) electrons. The molecule has 10 nitrogen and oxygen atoms in total. The number of carbonyl (C=O) groups is 3. The summed E-state index contributed by atoms with van der Waals surface area (Å²) in [5.41, 5.74) is 0.210. The zero-order valence-corrected chi connectivity index (χ0v) is 18.5. The molecule has 2 bridgehead atoms. The number of methoxy groups -OCH3 is 1. The lowest BCUT2D eigenvalue weighted by molar-refractivity contribution is -0.125. The minimum atomic E-state index is -0.481. The molecule has 1 aromatic rings. The maximum Gasteiger partial charge on any atom is 0.360 e. The van der Waals surface area contributed by atoms with Crippen LogP contribution in [-0.4, -0.2) is 71.8 Å². The smallest absolute Gasteiger partial charge is 0.360 e. The number of rotatable bonds is 6. The monoisotopic (exact) mass is 451 g/mol. The predicted molar refractivity (Wildman–Crippen MR) is 113 cm³/mol. The first kappa shape index (κ1) is 24.2. The predicted octanol–water partition coefficient (Wildman–Crippen LogP) is 1.98. The van der Waals surface area contributed by atoms with E-state index in [-0.39, 0.29) is 24.1 Å². The summed E-state index contributed by atoms with van der Waals surface area (Å²) < 4.78 is 15.7. The van der Waals surface area contributed by atoms with Gasteiger partial charge in [0.25, 0.3) is 6.47 Å². The fourth-order valence-electron chi connectivity index (χ4n) is 5.11. The van der Waals surface area contributed by atoms with Crippen LogP contribution in [0.3, 0.4) is 0 Å². The molecule has 2 N–H and O–H groups in total. The second kappa shape index (κ2) is 12.0. The van der Waals surface area contributed by atoms with E-state index in [4.69, 9.17) is 23.8 Å². The number of nitrogens with one attached hydrogen (secondary N) is 1. The molecule has 4 atom stereocenters. The molecule has 4 heterocycles. The van der Waals surface area contributed by atoms with Crippen molar-refractivity contribution >= 4 is 18.3 Å². The first-order valence-corrected chi connectivity index (χ1v) is 11.3. The van der Waals surface area contributed by atoms with Crippen LogP contribution in [0.1, 0.15) is 67.7 Å². The van der Waals surface area contributed by atoms with Crippen LogP contribution < -0.4 is 5.32 Å². The molecule has 3 saturated heterocycles. The third kappa shape index (κ3) is 6.52. The summed E-state index contributed by atoms with van der Waals surface area (Å²) in [6.45, 7) is 1.87. The van der Waals surface area contributed by atoms with Crippen LogP contribution in [-0.2, 0) is 25.6 Å².